The Bertz CT molecular complexity index is 1040. The van der Waals surface area contributed by atoms with Gasteiger partial charge in [-0.25, -0.2) is 0 Å². The van der Waals surface area contributed by atoms with Gasteiger partial charge in [0.05, 0.1) is 0 Å². The van der Waals surface area contributed by atoms with Crippen molar-refractivity contribution >= 4 is 44.5 Å². The van der Waals surface area contributed by atoms with E-state index in [0.717, 1.165) is 0 Å². The van der Waals surface area contributed by atoms with Crippen molar-refractivity contribution in [3.8, 4) is 0 Å². The average Bonchev–Trinajstić information content (AvgIpc) is 2.93. The molecule has 0 spiro atoms. The zero-order valence-electron chi connectivity index (χ0n) is 10.9. The first kappa shape index (κ1) is 10.2. The first-order chi connectivity index (χ1) is 9.92. The normalized spacial score (nSPS) is 12.8. The van der Waals surface area contributed by atoms with Crippen LogP contribution < -0.4 is 0 Å². The number of hydrogen-bond donors (Lipinski definition) is 0. The van der Waals surface area contributed by atoms with E-state index >= 15 is 0 Å². The Balaban J connectivity index is 2.13. The SMILES string of the molecule is C1=Cc2c3ccc4ccccc4c3cc3cccc1c23. The molecule has 0 nitrogen and oxygen atoms in total. The summed E-state index contributed by atoms with van der Waals surface area (Å²) in [5.41, 5.74) is 2.71. The lowest BCUT2D eigenvalue weighted by Gasteiger charge is -2.09. The summed E-state index contributed by atoms with van der Waals surface area (Å²) in [6.07, 6.45) is 4.49. The van der Waals surface area contributed by atoms with Crippen LogP contribution in [0.25, 0.3) is 44.5 Å². The summed E-state index contributed by atoms with van der Waals surface area (Å²) in [6, 6.07) is 22.0. The maximum absolute atomic E-state index is 2.34. The summed E-state index contributed by atoms with van der Waals surface area (Å²) in [4.78, 5) is 0. The van der Waals surface area contributed by atoms with E-state index in [-0.39, 0.29) is 0 Å². The third-order valence-corrected chi connectivity index (χ3v) is 4.39. The van der Waals surface area contributed by atoms with Crippen LogP contribution in [0.4, 0.5) is 0 Å². The molecule has 0 saturated heterocycles. The lowest BCUT2D eigenvalue weighted by atomic mass is 9.94. The summed E-state index contributed by atoms with van der Waals surface area (Å²) >= 11 is 0. The van der Waals surface area contributed by atoms with E-state index in [2.05, 4.69) is 72.8 Å². The Hall–Kier alpha value is -2.60. The molecular weight excluding hydrogens is 240 g/mol. The van der Waals surface area contributed by atoms with Gasteiger partial charge in [-0.3, -0.25) is 0 Å². The first-order valence-electron chi connectivity index (χ1n) is 6.97. The van der Waals surface area contributed by atoms with Crippen LogP contribution in [0.3, 0.4) is 0 Å². The van der Waals surface area contributed by atoms with Gasteiger partial charge in [-0.2, -0.15) is 0 Å². The summed E-state index contributed by atoms with van der Waals surface area (Å²) in [5.74, 6) is 0. The highest BCUT2D eigenvalue weighted by atomic mass is 14.2. The lowest BCUT2D eigenvalue weighted by molar-refractivity contribution is 1.75. The molecule has 0 atom stereocenters. The van der Waals surface area contributed by atoms with Gasteiger partial charge < -0.3 is 0 Å². The standard InChI is InChI=1S/C20H12/c1-2-7-16-13(4-1)8-10-17-18-11-9-14-5-3-6-15(20(14)18)12-19(16)17/h1-12H. The molecule has 0 heteroatoms. The van der Waals surface area contributed by atoms with Crippen molar-refractivity contribution in [3.05, 3.63) is 71.8 Å². The molecule has 0 bridgehead atoms. The molecular formula is C20H12. The number of benzene rings is 4. The molecule has 4 aromatic rings. The number of rotatable bonds is 0. The minimum absolute atomic E-state index is 1.31. The monoisotopic (exact) mass is 252 g/mol. The zero-order valence-corrected chi connectivity index (χ0v) is 10.9. The number of fused-ring (bicyclic) bond motifs is 4. The highest BCUT2D eigenvalue weighted by molar-refractivity contribution is 6.20. The van der Waals surface area contributed by atoms with Crippen molar-refractivity contribution in [2.24, 2.45) is 0 Å². The Labute approximate surface area is 117 Å². The molecule has 0 N–H and O–H groups in total. The highest BCUT2D eigenvalue weighted by Gasteiger charge is 2.13. The van der Waals surface area contributed by atoms with Crippen molar-refractivity contribution in [2.75, 3.05) is 0 Å². The largest absolute Gasteiger partial charge is 0.0616 e. The van der Waals surface area contributed by atoms with Gasteiger partial charge in [-0.15, -0.1) is 0 Å². The maximum atomic E-state index is 2.34. The van der Waals surface area contributed by atoms with Gasteiger partial charge in [0.25, 0.3) is 0 Å². The van der Waals surface area contributed by atoms with Crippen molar-refractivity contribution < 1.29 is 0 Å². The van der Waals surface area contributed by atoms with Gasteiger partial charge in [0.1, 0.15) is 0 Å². The zero-order chi connectivity index (χ0) is 13.1. The van der Waals surface area contributed by atoms with Crippen LogP contribution in [0, 0.1) is 0 Å². The van der Waals surface area contributed by atoms with Crippen LogP contribution in [0.1, 0.15) is 11.1 Å². The fourth-order valence-electron chi connectivity index (χ4n) is 3.48. The second-order valence-corrected chi connectivity index (χ2v) is 5.45. The van der Waals surface area contributed by atoms with Crippen LogP contribution in [-0.2, 0) is 0 Å². The molecule has 4 aromatic carbocycles. The van der Waals surface area contributed by atoms with Crippen LogP contribution in [-0.4, -0.2) is 0 Å². The Kier molecular flexibility index (Phi) is 1.78. The predicted octanol–water partition coefficient (Wildman–Crippen LogP) is 5.63. The van der Waals surface area contributed by atoms with E-state index in [1.807, 2.05) is 0 Å². The molecule has 1 aliphatic rings. The molecule has 1 aliphatic carbocycles. The smallest absolute Gasteiger partial charge is 0.00324 e. The summed E-state index contributed by atoms with van der Waals surface area (Å²) in [5, 5.41) is 8.10. The Morgan fingerprint density at radius 3 is 2.45 bits per heavy atom. The van der Waals surface area contributed by atoms with Crippen molar-refractivity contribution in [1.82, 2.24) is 0 Å². The fourth-order valence-corrected chi connectivity index (χ4v) is 3.48. The van der Waals surface area contributed by atoms with E-state index in [9.17, 15) is 0 Å². The summed E-state index contributed by atoms with van der Waals surface area (Å²) in [7, 11) is 0. The first-order valence-corrected chi connectivity index (χ1v) is 6.97. The molecule has 0 unspecified atom stereocenters. The molecule has 0 fully saturated rings. The van der Waals surface area contributed by atoms with Gasteiger partial charge in [0.15, 0.2) is 0 Å². The Morgan fingerprint density at radius 2 is 1.45 bits per heavy atom. The maximum Gasteiger partial charge on any atom is -0.00324 e. The molecule has 0 heterocycles. The van der Waals surface area contributed by atoms with E-state index in [0.29, 0.717) is 0 Å². The van der Waals surface area contributed by atoms with Gasteiger partial charge in [-0.05, 0) is 49.5 Å². The third-order valence-electron chi connectivity index (χ3n) is 4.39. The molecule has 0 saturated carbocycles. The Morgan fingerprint density at radius 1 is 0.550 bits per heavy atom. The van der Waals surface area contributed by atoms with E-state index < -0.39 is 0 Å². The fraction of sp³-hybridized carbons (Fsp3) is 0. The van der Waals surface area contributed by atoms with Crippen molar-refractivity contribution in [3.63, 3.8) is 0 Å². The average molecular weight is 252 g/mol. The second-order valence-electron chi connectivity index (χ2n) is 5.45. The van der Waals surface area contributed by atoms with E-state index in [4.69, 9.17) is 0 Å². The van der Waals surface area contributed by atoms with E-state index in [1.165, 1.54) is 43.4 Å². The molecule has 0 aliphatic heterocycles. The van der Waals surface area contributed by atoms with Crippen LogP contribution in [0.15, 0.2) is 60.7 Å². The van der Waals surface area contributed by atoms with Crippen LogP contribution in [0.2, 0.25) is 0 Å². The number of hydrogen-bond acceptors (Lipinski definition) is 0. The highest BCUT2D eigenvalue weighted by Crippen LogP contribution is 2.39. The second kappa shape index (κ2) is 3.49. The minimum atomic E-state index is 1.31. The van der Waals surface area contributed by atoms with Gasteiger partial charge in [-0.1, -0.05) is 66.7 Å². The predicted molar refractivity (Wildman–Crippen MR) is 87.9 cm³/mol. The summed E-state index contributed by atoms with van der Waals surface area (Å²) in [6.45, 7) is 0. The van der Waals surface area contributed by atoms with Crippen molar-refractivity contribution in [2.45, 2.75) is 0 Å². The molecule has 20 heavy (non-hydrogen) atoms. The van der Waals surface area contributed by atoms with E-state index in [1.54, 1.807) is 0 Å². The molecule has 0 aromatic heterocycles. The molecule has 92 valence electrons. The van der Waals surface area contributed by atoms with Crippen LogP contribution in [0.5, 0.6) is 0 Å². The van der Waals surface area contributed by atoms with Crippen LogP contribution >= 0.6 is 0 Å². The molecule has 0 radical (unpaired) electrons. The third kappa shape index (κ3) is 1.16. The van der Waals surface area contributed by atoms with Crippen molar-refractivity contribution in [1.29, 1.82) is 0 Å². The summed E-state index contributed by atoms with van der Waals surface area (Å²) < 4.78 is 0. The van der Waals surface area contributed by atoms with Gasteiger partial charge in [0.2, 0.25) is 0 Å². The van der Waals surface area contributed by atoms with Gasteiger partial charge in [0, 0.05) is 0 Å². The molecule has 0 amide bonds. The lowest BCUT2D eigenvalue weighted by Crippen LogP contribution is -1.84. The molecule has 5 rings (SSSR count). The van der Waals surface area contributed by atoms with Gasteiger partial charge >= 0.3 is 0 Å². The quantitative estimate of drug-likeness (QED) is 0.247. The minimum Gasteiger partial charge on any atom is -0.0616 e. The topological polar surface area (TPSA) is 0 Å².